The number of alkyl halides is 3. The molecule has 0 radical (unpaired) electrons. The predicted molar refractivity (Wildman–Crippen MR) is 74.2 cm³/mol. The molecule has 0 bridgehead atoms. The third-order valence-electron chi connectivity index (χ3n) is 2.67. The standard InChI is InChI=1S/C15H17F3S/c1-3-4-5-6-7-8-12-11-13(15(16,17)18)9-10-14(12)19-2/h9-11H,3-5,8H2,1-2H3. The first-order valence-corrected chi connectivity index (χ1v) is 7.41. The van der Waals surface area contributed by atoms with Crippen LogP contribution < -0.4 is 0 Å². The molecule has 0 heterocycles. The van der Waals surface area contributed by atoms with E-state index >= 15 is 0 Å². The fraction of sp³-hybridized carbons (Fsp3) is 0.467. The molecule has 104 valence electrons. The number of rotatable bonds is 4. The molecule has 0 aliphatic carbocycles. The normalized spacial score (nSPS) is 11.0. The number of thioether (sulfide) groups is 1. The van der Waals surface area contributed by atoms with Gasteiger partial charge in [0.1, 0.15) is 0 Å². The highest BCUT2D eigenvalue weighted by Crippen LogP contribution is 2.32. The van der Waals surface area contributed by atoms with Crippen LogP contribution in [0.5, 0.6) is 0 Å². The molecule has 0 amide bonds. The van der Waals surface area contributed by atoms with Crippen molar-refractivity contribution in [1.29, 1.82) is 0 Å². The van der Waals surface area contributed by atoms with Crippen molar-refractivity contribution in [3.8, 4) is 11.8 Å². The number of hydrogen-bond donors (Lipinski definition) is 0. The van der Waals surface area contributed by atoms with Gasteiger partial charge in [-0.05, 0) is 36.4 Å². The van der Waals surface area contributed by atoms with Gasteiger partial charge in [-0.15, -0.1) is 17.7 Å². The van der Waals surface area contributed by atoms with Crippen LogP contribution in [0.4, 0.5) is 13.2 Å². The van der Waals surface area contributed by atoms with Gasteiger partial charge in [-0.2, -0.15) is 13.2 Å². The van der Waals surface area contributed by atoms with E-state index < -0.39 is 11.7 Å². The van der Waals surface area contributed by atoms with Crippen molar-refractivity contribution in [1.82, 2.24) is 0 Å². The van der Waals surface area contributed by atoms with Gasteiger partial charge in [0, 0.05) is 17.7 Å². The molecule has 0 fully saturated rings. The summed E-state index contributed by atoms with van der Waals surface area (Å²) < 4.78 is 37.9. The lowest BCUT2D eigenvalue weighted by atomic mass is 10.1. The van der Waals surface area contributed by atoms with Crippen molar-refractivity contribution < 1.29 is 13.2 Å². The second kappa shape index (κ2) is 7.49. The van der Waals surface area contributed by atoms with E-state index in [0.29, 0.717) is 12.0 Å². The molecule has 0 atom stereocenters. The minimum absolute atomic E-state index is 0.379. The second-order valence-corrected chi connectivity index (χ2v) is 5.01. The third kappa shape index (κ3) is 5.20. The Kier molecular flexibility index (Phi) is 6.30. The summed E-state index contributed by atoms with van der Waals surface area (Å²) in [5.74, 6) is 5.96. The Hall–Kier alpha value is -1.08. The van der Waals surface area contributed by atoms with E-state index in [0.717, 1.165) is 30.2 Å². The average molecular weight is 286 g/mol. The summed E-state index contributed by atoms with van der Waals surface area (Å²) >= 11 is 1.45. The molecule has 0 unspecified atom stereocenters. The highest BCUT2D eigenvalue weighted by atomic mass is 32.2. The Bertz CT molecular complexity index is 467. The molecule has 19 heavy (non-hydrogen) atoms. The summed E-state index contributed by atoms with van der Waals surface area (Å²) in [5, 5.41) is 0. The number of halogens is 3. The maximum absolute atomic E-state index is 12.6. The summed E-state index contributed by atoms with van der Waals surface area (Å²) in [6.07, 6.45) is 0.866. The molecule has 0 aromatic heterocycles. The summed E-state index contributed by atoms with van der Waals surface area (Å²) in [7, 11) is 0. The van der Waals surface area contributed by atoms with Crippen molar-refractivity contribution in [2.24, 2.45) is 0 Å². The zero-order valence-electron chi connectivity index (χ0n) is 11.1. The van der Waals surface area contributed by atoms with Crippen LogP contribution >= 0.6 is 11.8 Å². The van der Waals surface area contributed by atoms with Crippen molar-refractivity contribution in [3.05, 3.63) is 29.3 Å². The van der Waals surface area contributed by atoms with Gasteiger partial charge in [-0.1, -0.05) is 19.3 Å². The van der Waals surface area contributed by atoms with Gasteiger partial charge < -0.3 is 0 Å². The minimum Gasteiger partial charge on any atom is -0.166 e. The summed E-state index contributed by atoms with van der Waals surface area (Å²) in [5.41, 5.74) is 0.0574. The first kappa shape index (κ1) is 16.0. The van der Waals surface area contributed by atoms with Crippen LogP contribution in [0.25, 0.3) is 0 Å². The molecule has 0 spiro atoms. The maximum Gasteiger partial charge on any atom is 0.416 e. The Morgan fingerprint density at radius 1 is 1.21 bits per heavy atom. The summed E-state index contributed by atoms with van der Waals surface area (Å²) in [4.78, 5) is 0.859. The van der Waals surface area contributed by atoms with E-state index in [2.05, 4.69) is 18.8 Å². The molecule has 0 saturated heterocycles. The van der Waals surface area contributed by atoms with E-state index in [-0.39, 0.29) is 0 Å². The largest absolute Gasteiger partial charge is 0.416 e. The van der Waals surface area contributed by atoms with Crippen LogP contribution in [0.15, 0.2) is 23.1 Å². The quantitative estimate of drug-likeness (QED) is 0.418. The van der Waals surface area contributed by atoms with E-state index in [1.165, 1.54) is 23.9 Å². The first-order chi connectivity index (χ1) is 8.99. The lowest BCUT2D eigenvalue weighted by Crippen LogP contribution is -2.05. The van der Waals surface area contributed by atoms with Gasteiger partial charge in [0.05, 0.1) is 5.56 Å². The molecule has 0 nitrogen and oxygen atoms in total. The molecule has 0 aliphatic heterocycles. The first-order valence-electron chi connectivity index (χ1n) is 6.19. The summed E-state index contributed by atoms with van der Waals surface area (Å²) in [6, 6.07) is 3.86. The predicted octanol–water partition coefficient (Wildman–Crippen LogP) is 5.16. The Morgan fingerprint density at radius 2 is 1.95 bits per heavy atom. The van der Waals surface area contributed by atoms with Crippen LogP contribution in [0.3, 0.4) is 0 Å². The smallest absolute Gasteiger partial charge is 0.166 e. The second-order valence-electron chi connectivity index (χ2n) is 4.16. The SMILES string of the molecule is CCCCC#CCc1cc(C(F)(F)F)ccc1SC. The number of benzene rings is 1. The Morgan fingerprint density at radius 3 is 2.53 bits per heavy atom. The van der Waals surface area contributed by atoms with Crippen LogP contribution in [-0.2, 0) is 12.6 Å². The van der Waals surface area contributed by atoms with Crippen molar-refractivity contribution in [2.75, 3.05) is 6.26 Å². The molecular weight excluding hydrogens is 269 g/mol. The fourth-order valence-corrected chi connectivity index (χ4v) is 2.20. The van der Waals surface area contributed by atoms with Gasteiger partial charge >= 0.3 is 6.18 Å². The van der Waals surface area contributed by atoms with Crippen molar-refractivity contribution in [3.63, 3.8) is 0 Å². The van der Waals surface area contributed by atoms with Gasteiger partial charge in [0.2, 0.25) is 0 Å². The molecule has 1 aromatic carbocycles. The Balaban J connectivity index is 2.87. The molecule has 0 aliphatic rings. The molecule has 1 rings (SSSR count). The van der Waals surface area contributed by atoms with E-state index in [1.807, 2.05) is 6.26 Å². The third-order valence-corrected chi connectivity index (χ3v) is 3.50. The number of unbranched alkanes of at least 4 members (excludes halogenated alkanes) is 2. The lowest BCUT2D eigenvalue weighted by molar-refractivity contribution is -0.137. The molecule has 0 saturated carbocycles. The minimum atomic E-state index is -4.29. The zero-order valence-corrected chi connectivity index (χ0v) is 11.9. The van der Waals surface area contributed by atoms with Gasteiger partial charge in [-0.25, -0.2) is 0 Å². The molecule has 4 heteroatoms. The van der Waals surface area contributed by atoms with E-state index in [1.54, 1.807) is 0 Å². The molecule has 0 N–H and O–H groups in total. The Labute approximate surface area is 116 Å². The molecular formula is C15H17F3S. The van der Waals surface area contributed by atoms with Crippen LogP contribution in [0.1, 0.15) is 37.3 Å². The fourth-order valence-electron chi connectivity index (χ4n) is 1.60. The number of hydrogen-bond acceptors (Lipinski definition) is 1. The van der Waals surface area contributed by atoms with E-state index in [4.69, 9.17) is 0 Å². The van der Waals surface area contributed by atoms with Crippen LogP contribution in [-0.4, -0.2) is 6.26 Å². The zero-order chi connectivity index (χ0) is 14.3. The van der Waals surface area contributed by atoms with Gasteiger partial charge in [0.25, 0.3) is 0 Å². The van der Waals surface area contributed by atoms with Crippen molar-refractivity contribution in [2.45, 2.75) is 43.7 Å². The van der Waals surface area contributed by atoms with Gasteiger partial charge in [-0.3, -0.25) is 0 Å². The monoisotopic (exact) mass is 286 g/mol. The lowest BCUT2D eigenvalue weighted by Gasteiger charge is -2.10. The molecule has 1 aromatic rings. The van der Waals surface area contributed by atoms with Crippen LogP contribution in [0, 0.1) is 11.8 Å². The van der Waals surface area contributed by atoms with E-state index in [9.17, 15) is 13.2 Å². The van der Waals surface area contributed by atoms with Gasteiger partial charge in [0.15, 0.2) is 0 Å². The topological polar surface area (TPSA) is 0 Å². The average Bonchev–Trinajstić information content (AvgIpc) is 2.37. The van der Waals surface area contributed by atoms with Crippen LogP contribution in [0.2, 0.25) is 0 Å². The maximum atomic E-state index is 12.6. The highest BCUT2D eigenvalue weighted by Gasteiger charge is 2.30. The van der Waals surface area contributed by atoms with Crippen molar-refractivity contribution >= 4 is 11.8 Å². The highest BCUT2D eigenvalue weighted by molar-refractivity contribution is 7.98. The summed E-state index contributed by atoms with van der Waals surface area (Å²) in [6.45, 7) is 2.08.